The van der Waals surface area contributed by atoms with Crippen LogP contribution in [0.1, 0.15) is 12.0 Å². The van der Waals surface area contributed by atoms with Gasteiger partial charge in [-0.05, 0) is 30.2 Å². The zero-order chi connectivity index (χ0) is 10.5. The van der Waals surface area contributed by atoms with Crippen molar-refractivity contribution >= 4 is 17.5 Å². The number of hydrogen-bond donors (Lipinski definition) is 0. The largest absolute Gasteiger partial charge is 0.285 e. The number of Topliss-reactive ketones (excluding diaryl/α,β-unsaturated/α-hetero) is 1. The molecule has 2 heteroatoms. The van der Waals surface area contributed by atoms with E-state index in [-0.39, 0.29) is 11.7 Å². The highest BCUT2D eigenvalue weighted by Crippen LogP contribution is 2.23. The molecule has 1 aromatic carbocycles. The van der Waals surface area contributed by atoms with Crippen LogP contribution in [-0.4, -0.2) is 17.3 Å². The Balaban J connectivity index is 2.02. The van der Waals surface area contributed by atoms with Crippen LogP contribution in [0.15, 0.2) is 30.3 Å². The Bertz CT molecular complexity index is 394. The maximum Gasteiger partial charge on any atom is 0.209 e. The third-order valence-corrected chi connectivity index (χ3v) is 3.57. The first-order chi connectivity index (χ1) is 7.36. The van der Waals surface area contributed by atoms with E-state index < -0.39 is 0 Å². The van der Waals surface area contributed by atoms with E-state index in [9.17, 15) is 4.79 Å². The van der Waals surface area contributed by atoms with Gasteiger partial charge in [-0.3, -0.25) is 4.79 Å². The Hall–Kier alpha value is -1.20. The van der Waals surface area contributed by atoms with Gasteiger partial charge in [-0.15, -0.1) is 0 Å². The molecule has 0 spiro atoms. The molecule has 0 aromatic heterocycles. The van der Waals surface area contributed by atoms with E-state index in [1.54, 1.807) is 0 Å². The third kappa shape index (κ3) is 2.87. The molecule has 0 aliphatic carbocycles. The Labute approximate surface area is 94.3 Å². The number of carbonyl (C=O) groups excluding carboxylic acids is 1. The number of ketones is 1. The van der Waals surface area contributed by atoms with E-state index in [4.69, 9.17) is 0 Å². The molecule has 0 bridgehead atoms. The molecule has 76 valence electrons. The van der Waals surface area contributed by atoms with Gasteiger partial charge in [-0.25, -0.2) is 0 Å². The summed E-state index contributed by atoms with van der Waals surface area (Å²) in [5, 5.41) is 0. The van der Waals surface area contributed by atoms with Gasteiger partial charge >= 0.3 is 0 Å². The molecule has 0 amide bonds. The smallest absolute Gasteiger partial charge is 0.209 e. The molecule has 0 saturated carbocycles. The van der Waals surface area contributed by atoms with E-state index >= 15 is 0 Å². The standard InChI is InChI=1S/C13H12OS/c14-13(12-8-9-15-10-12)7-6-11-4-2-1-3-5-11/h1-5,12H,8-10H2. The first kappa shape index (κ1) is 10.3. The second kappa shape index (κ2) is 5.04. The molecule has 1 fully saturated rings. The topological polar surface area (TPSA) is 17.1 Å². The van der Waals surface area contributed by atoms with Crippen molar-refractivity contribution in [1.82, 2.24) is 0 Å². The lowest BCUT2D eigenvalue weighted by Gasteiger charge is -1.98. The van der Waals surface area contributed by atoms with Crippen LogP contribution < -0.4 is 0 Å². The van der Waals surface area contributed by atoms with Crippen molar-refractivity contribution in [3.63, 3.8) is 0 Å². The molecule has 0 N–H and O–H groups in total. The molecule has 1 unspecified atom stereocenters. The summed E-state index contributed by atoms with van der Waals surface area (Å²) in [7, 11) is 0. The van der Waals surface area contributed by atoms with Crippen LogP contribution in [0.3, 0.4) is 0 Å². The molecule has 2 rings (SSSR count). The number of thioether (sulfide) groups is 1. The highest BCUT2D eigenvalue weighted by molar-refractivity contribution is 7.99. The molecule has 0 radical (unpaired) electrons. The van der Waals surface area contributed by atoms with E-state index in [2.05, 4.69) is 11.8 Å². The first-order valence-corrected chi connectivity index (χ1v) is 6.20. The van der Waals surface area contributed by atoms with Gasteiger partial charge in [0, 0.05) is 17.2 Å². The van der Waals surface area contributed by atoms with Crippen molar-refractivity contribution < 1.29 is 4.79 Å². The second-order valence-electron chi connectivity index (χ2n) is 3.54. The first-order valence-electron chi connectivity index (χ1n) is 5.05. The minimum absolute atomic E-state index is 0.101. The summed E-state index contributed by atoms with van der Waals surface area (Å²) in [6.07, 6.45) is 0.993. The summed E-state index contributed by atoms with van der Waals surface area (Å²) in [6, 6.07) is 9.65. The second-order valence-corrected chi connectivity index (χ2v) is 4.69. The van der Waals surface area contributed by atoms with Crippen LogP contribution in [0.5, 0.6) is 0 Å². The number of rotatable bonds is 1. The summed E-state index contributed by atoms with van der Waals surface area (Å²) in [6.45, 7) is 0. The van der Waals surface area contributed by atoms with Crippen molar-refractivity contribution in [2.24, 2.45) is 5.92 Å². The molecule has 1 aliphatic heterocycles. The Kier molecular flexibility index (Phi) is 3.47. The predicted octanol–water partition coefficient (Wildman–Crippen LogP) is 2.36. The summed E-state index contributed by atoms with van der Waals surface area (Å²) in [5.41, 5.74) is 0.913. The molecule has 15 heavy (non-hydrogen) atoms. The summed E-state index contributed by atoms with van der Waals surface area (Å²) in [4.78, 5) is 11.6. The van der Waals surface area contributed by atoms with Crippen molar-refractivity contribution in [1.29, 1.82) is 0 Å². The fourth-order valence-corrected chi connectivity index (χ4v) is 2.72. The molecule has 1 aromatic rings. The van der Waals surface area contributed by atoms with Crippen LogP contribution in [0.25, 0.3) is 0 Å². The van der Waals surface area contributed by atoms with Gasteiger partial charge in [0.2, 0.25) is 5.78 Å². The Morgan fingerprint density at radius 2 is 2.13 bits per heavy atom. The van der Waals surface area contributed by atoms with Crippen LogP contribution >= 0.6 is 11.8 Å². The minimum Gasteiger partial charge on any atom is -0.285 e. The lowest BCUT2D eigenvalue weighted by atomic mass is 10.0. The van der Waals surface area contributed by atoms with Crippen LogP contribution in [0.4, 0.5) is 0 Å². The van der Waals surface area contributed by atoms with Gasteiger partial charge in [0.15, 0.2) is 0 Å². The van der Waals surface area contributed by atoms with Gasteiger partial charge in [-0.1, -0.05) is 24.1 Å². The maximum atomic E-state index is 11.6. The Morgan fingerprint density at radius 1 is 1.33 bits per heavy atom. The summed E-state index contributed by atoms with van der Waals surface area (Å²) >= 11 is 1.84. The van der Waals surface area contributed by atoms with Crippen molar-refractivity contribution in [3.05, 3.63) is 35.9 Å². The third-order valence-electron chi connectivity index (χ3n) is 2.40. The molecular formula is C13H12OS. The summed E-state index contributed by atoms with van der Waals surface area (Å²) < 4.78 is 0. The number of benzene rings is 1. The quantitative estimate of drug-likeness (QED) is 0.670. The number of hydrogen-bond acceptors (Lipinski definition) is 2. The minimum atomic E-state index is 0.101. The average Bonchev–Trinajstić information content (AvgIpc) is 2.81. The highest BCUT2D eigenvalue weighted by atomic mass is 32.2. The lowest BCUT2D eigenvalue weighted by Crippen LogP contribution is -2.10. The lowest BCUT2D eigenvalue weighted by molar-refractivity contribution is -0.116. The Morgan fingerprint density at radius 3 is 2.80 bits per heavy atom. The van der Waals surface area contributed by atoms with E-state index in [1.807, 2.05) is 42.1 Å². The van der Waals surface area contributed by atoms with E-state index in [0.29, 0.717) is 0 Å². The van der Waals surface area contributed by atoms with Crippen molar-refractivity contribution in [2.45, 2.75) is 6.42 Å². The van der Waals surface area contributed by atoms with Crippen molar-refractivity contribution in [3.8, 4) is 11.8 Å². The normalized spacial score (nSPS) is 19.3. The number of carbonyl (C=O) groups is 1. The molecule has 1 atom stereocenters. The van der Waals surface area contributed by atoms with Gasteiger partial charge in [0.25, 0.3) is 0 Å². The van der Waals surface area contributed by atoms with Crippen LogP contribution in [0.2, 0.25) is 0 Å². The van der Waals surface area contributed by atoms with Crippen molar-refractivity contribution in [2.75, 3.05) is 11.5 Å². The molecule has 1 heterocycles. The SMILES string of the molecule is O=C(C#Cc1ccccc1)C1CCSC1. The average molecular weight is 216 g/mol. The van der Waals surface area contributed by atoms with Gasteiger partial charge < -0.3 is 0 Å². The fourth-order valence-electron chi connectivity index (χ4n) is 1.50. The molecule has 1 aliphatic rings. The van der Waals surface area contributed by atoms with Crippen LogP contribution in [-0.2, 0) is 4.79 Å². The molecule has 1 saturated heterocycles. The zero-order valence-electron chi connectivity index (χ0n) is 8.40. The van der Waals surface area contributed by atoms with E-state index in [1.165, 1.54) is 0 Å². The molecule has 1 nitrogen and oxygen atoms in total. The van der Waals surface area contributed by atoms with Gasteiger partial charge in [0.1, 0.15) is 0 Å². The van der Waals surface area contributed by atoms with E-state index in [0.717, 1.165) is 23.5 Å². The monoisotopic (exact) mass is 216 g/mol. The predicted molar refractivity (Wildman–Crippen MR) is 63.8 cm³/mol. The fraction of sp³-hybridized carbons (Fsp3) is 0.308. The zero-order valence-corrected chi connectivity index (χ0v) is 9.22. The van der Waals surface area contributed by atoms with Crippen LogP contribution in [0, 0.1) is 17.8 Å². The molecular weight excluding hydrogens is 204 g/mol. The maximum absolute atomic E-state index is 11.6. The van der Waals surface area contributed by atoms with Gasteiger partial charge in [0.05, 0.1) is 0 Å². The van der Waals surface area contributed by atoms with Gasteiger partial charge in [-0.2, -0.15) is 11.8 Å². The highest BCUT2D eigenvalue weighted by Gasteiger charge is 2.21. The summed E-state index contributed by atoms with van der Waals surface area (Å²) in [5.74, 6) is 7.97.